The van der Waals surface area contributed by atoms with Crippen LogP contribution in [0.3, 0.4) is 0 Å². The number of nitrogens with two attached hydrogens (primary N) is 1. The number of rotatable bonds is 5. The number of hydrogen-bond acceptors (Lipinski definition) is 6. The summed E-state index contributed by atoms with van der Waals surface area (Å²) in [5.74, 6) is -1.70. The molecule has 0 aromatic heterocycles. The Morgan fingerprint density at radius 1 is 1.23 bits per heavy atom. The first-order valence-corrected chi connectivity index (χ1v) is 3.39. The molecule has 0 spiro atoms. The highest BCUT2D eigenvalue weighted by molar-refractivity contribution is 5.73. The molecule has 0 aliphatic carbocycles. The van der Waals surface area contributed by atoms with Crippen LogP contribution < -0.4 is 5.73 Å². The topological polar surface area (TPSA) is 141 Å². The number of carbonyl (C=O) groups is 2. The Labute approximate surface area is 73.4 Å². The van der Waals surface area contributed by atoms with Crippen molar-refractivity contribution in [1.82, 2.24) is 0 Å². The van der Waals surface area contributed by atoms with Gasteiger partial charge in [-0.3, -0.25) is 0 Å². The average Bonchev–Trinajstić information content (AvgIpc) is 2.12. The Hall–Kier alpha value is -1.02. The lowest BCUT2D eigenvalue weighted by Crippen LogP contribution is -2.51. The fraction of sp³-hybridized carbons (Fsp3) is 0.667. The summed E-state index contributed by atoms with van der Waals surface area (Å²) >= 11 is 0. The van der Waals surface area contributed by atoms with Crippen molar-refractivity contribution in [1.29, 1.82) is 0 Å². The fourth-order valence-electron chi connectivity index (χ4n) is 0.641. The van der Waals surface area contributed by atoms with Gasteiger partial charge in [-0.25, -0.2) is 4.79 Å². The number of hydrogen-bond donors (Lipinski definition) is 5. The van der Waals surface area contributed by atoms with Crippen molar-refractivity contribution in [2.24, 2.45) is 5.73 Å². The van der Waals surface area contributed by atoms with Crippen LogP contribution in [0.5, 0.6) is 0 Å². The highest BCUT2D eigenvalue weighted by Gasteiger charge is 2.33. The lowest BCUT2D eigenvalue weighted by molar-refractivity contribution is -0.159. The third-order valence-corrected chi connectivity index (χ3v) is 1.48. The van der Waals surface area contributed by atoms with Gasteiger partial charge in [-0.2, -0.15) is 0 Å². The third-order valence-electron chi connectivity index (χ3n) is 1.48. The molecular formula is C6H11NO6. The Kier molecular flexibility index (Phi) is 4.49. The van der Waals surface area contributed by atoms with Crippen LogP contribution in [0.1, 0.15) is 0 Å². The Morgan fingerprint density at radius 3 is 2.00 bits per heavy atom. The van der Waals surface area contributed by atoms with Gasteiger partial charge in [0.1, 0.15) is 18.5 Å². The lowest BCUT2D eigenvalue weighted by Gasteiger charge is -2.21. The van der Waals surface area contributed by atoms with Crippen molar-refractivity contribution in [3.8, 4) is 0 Å². The summed E-state index contributed by atoms with van der Waals surface area (Å²) in [5.41, 5.74) is 4.97. The van der Waals surface area contributed by atoms with E-state index in [2.05, 4.69) is 0 Å². The number of aliphatic hydroxyl groups is 3. The molecule has 0 amide bonds. The summed E-state index contributed by atoms with van der Waals surface area (Å²) in [6, 6.07) is -1.43. The molecular weight excluding hydrogens is 182 g/mol. The molecule has 0 aromatic carbocycles. The molecule has 0 saturated carbocycles. The normalized spacial score (nSPS) is 20.0. The molecule has 0 aliphatic heterocycles. The second-order valence-corrected chi connectivity index (χ2v) is 2.48. The van der Waals surface area contributed by atoms with Crippen LogP contribution in [0.4, 0.5) is 0 Å². The highest BCUT2D eigenvalue weighted by atomic mass is 16.4. The van der Waals surface area contributed by atoms with E-state index in [-0.39, 0.29) is 6.29 Å². The largest absolute Gasteiger partial charge is 0.479 e. The molecule has 0 heterocycles. The summed E-state index contributed by atoms with van der Waals surface area (Å²) in [7, 11) is 0. The molecule has 0 fully saturated rings. The summed E-state index contributed by atoms with van der Waals surface area (Å²) in [5, 5.41) is 34.8. The van der Waals surface area contributed by atoms with Gasteiger partial charge >= 0.3 is 5.97 Å². The first-order chi connectivity index (χ1) is 5.91. The maximum Gasteiger partial charge on any atom is 0.335 e. The van der Waals surface area contributed by atoms with Crippen LogP contribution >= 0.6 is 0 Å². The van der Waals surface area contributed by atoms with Gasteiger partial charge in [0.15, 0.2) is 6.10 Å². The Balaban J connectivity index is 4.32. The molecule has 0 radical (unpaired) electrons. The zero-order valence-corrected chi connectivity index (χ0v) is 6.57. The molecule has 7 heteroatoms. The smallest absolute Gasteiger partial charge is 0.335 e. The molecule has 76 valence electrons. The quantitative estimate of drug-likeness (QED) is 0.287. The number of carboxylic acid groups (broad SMARTS) is 1. The second kappa shape index (κ2) is 4.87. The van der Waals surface area contributed by atoms with Crippen LogP contribution in [0.25, 0.3) is 0 Å². The van der Waals surface area contributed by atoms with Crippen molar-refractivity contribution < 1.29 is 30.0 Å². The second-order valence-electron chi connectivity index (χ2n) is 2.48. The van der Waals surface area contributed by atoms with E-state index in [0.717, 1.165) is 0 Å². The number of aldehydes is 1. The molecule has 0 aliphatic rings. The van der Waals surface area contributed by atoms with Gasteiger partial charge in [-0.05, 0) is 0 Å². The fourth-order valence-corrected chi connectivity index (χ4v) is 0.641. The van der Waals surface area contributed by atoms with Gasteiger partial charge in [0, 0.05) is 0 Å². The van der Waals surface area contributed by atoms with Gasteiger partial charge in [0.2, 0.25) is 0 Å². The van der Waals surface area contributed by atoms with E-state index >= 15 is 0 Å². The molecule has 0 rings (SSSR count). The van der Waals surface area contributed by atoms with Crippen molar-refractivity contribution in [2.75, 3.05) is 0 Å². The minimum absolute atomic E-state index is 0.141. The van der Waals surface area contributed by atoms with Crippen molar-refractivity contribution >= 4 is 12.3 Å². The maximum atomic E-state index is 10.1. The predicted molar refractivity (Wildman–Crippen MR) is 39.7 cm³/mol. The first kappa shape index (κ1) is 12.0. The van der Waals surface area contributed by atoms with Crippen molar-refractivity contribution in [2.45, 2.75) is 24.4 Å². The maximum absolute atomic E-state index is 10.1. The summed E-state index contributed by atoms with van der Waals surface area (Å²) in [6.45, 7) is 0. The average molecular weight is 193 g/mol. The van der Waals surface area contributed by atoms with Crippen LogP contribution in [-0.2, 0) is 9.59 Å². The molecule has 0 aromatic rings. The summed E-state index contributed by atoms with van der Waals surface area (Å²) < 4.78 is 0. The zero-order valence-electron chi connectivity index (χ0n) is 6.57. The van der Waals surface area contributed by atoms with E-state index in [1.807, 2.05) is 0 Å². The highest BCUT2D eigenvalue weighted by Crippen LogP contribution is 2.02. The van der Waals surface area contributed by atoms with Gasteiger partial charge < -0.3 is 31.0 Å². The van der Waals surface area contributed by atoms with E-state index in [9.17, 15) is 9.59 Å². The lowest BCUT2D eigenvalue weighted by atomic mass is 10.0. The monoisotopic (exact) mass is 193 g/mol. The van der Waals surface area contributed by atoms with Crippen LogP contribution in [0.15, 0.2) is 0 Å². The van der Waals surface area contributed by atoms with Crippen molar-refractivity contribution in [3.63, 3.8) is 0 Å². The number of carboxylic acids is 1. The van der Waals surface area contributed by atoms with Gasteiger partial charge in [-0.15, -0.1) is 0 Å². The molecule has 13 heavy (non-hydrogen) atoms. The molecule has 0 bridgehead atoms. The van der Waals surface area contributed by atoms with Crippen molar-refractivity contribution in [3.05, 3.63) is 0 Å². The van der Waals surface area contributed by atoms with Gasteiger partial charge in [-0.1, -0.05) is 0 Å². The number of aliphatic hydroxyl groups excluding tert-OH is 3. The minimum Gasteiger partial charge on any atom is -0.479 e. The van der Waals surface area contributed by atoms with Gasteiger partial charge in [0.25, 0.3) is 0 Å². The summed E-state index contributed by atoms with van der Waals surface area (Å²) in [4.78, 5) is 20.1. The van der Waals surface area contributed by atoms with Crippen LogP contribution in [0, 0.1) is 0 Å². The van der Waals surface area contributed by atoms with Crippen LogP contribution in [0.2, 0.25) is 0 Å². The molecule has 7 nitrogen and oxygen atoms in total. The minimum atomic E-state index is -2.17. The standard InChI is InChI=1S/C6H11NO6/c7-2(1-8)3(9)4(10)5(11)6(12)13/h1-5,9-11H,7H2,(H,12,13)/t2-,3-,4+,5-/m0/s1. The third kappa shape index (κ3) is 3.07. The number of carbonyl (C=O) groups excluding carboxylic acids is 1. The van der Waals surface area contributed by atoms with Gasteiger partial charge in [0.05, 0.1) is 6.04 Å². The van der Waals surface area contributed by atoms with E-state index in [1.165, 1.54) is 0 Å². The zero-order chi connectivity index (χ0) is 10.6. The molecule has 0 unspecified atom stereocenters. The van der Waals surface area contributed by atoms with E-state index < -0.39 is 30.3 Å². The van der Waals surface area contributed by atoms with E-state index in [0.29, 0.717) is 0 Å². The number of aliphatic carboxylic acids is 1. The Morgan fingerprint density at radius 2 is 1.69 bits per heavy atom. The molecule has 0 saturated heterocycles. The predicted octanol–water partition coefficient (Wildman–Crippen LogP) is -3.32. The SMILES string of the molecule is N[C@@H](C=O)[C@H](O)[C@@H](O)[C@H](O)C(=O)O. The van der Waals surface area contributed by atoms with Crippen LogP contribution in [-0.4, -0.2) is 57.0 Å². The summed E-state index contributed by atoms with van der Waals surface area (Å²) in [6.07, 6.45) is -5.81. The van der Waals surface area contributed by atoms with E-state index in [4.69, 9.17) is 26.2 Å². The Bertz CT molecular complexity index is 196. The molecule has 6 N–H and O–H groups in total. The first-order valence-electron chi connectivity index (χ1n) is 3.39. The molecule has 4 atom stereocenters. The van der Waals surface area contributed by atoms with E-state index in [1.54, 1.807) is 0 Å².